The van der Waals surface area contributed by atoms with E-state index in [1.807, 2.05) is 58.9 Å². The third-order valence-electron chi connectivity index (χ3n) is 6.43. The highest BCUT2D eigenvalue weighted by molar-refractivity contribution is 6.72. The Kier molecular flexibility index (Phi) is 9.99. The number of benzene rings is 3. The second-order valence-electron chi connectivity index (χ2n) is 14.0. The van der Waals surface area contributed by atoms with Gasteiger partial charge in [-0.3, -0.25) is 0 Å². The molecule has 0 bridgehead atoms. The zero-order valence-corrected chi connectivity index (χ0v) is 31.4. The maximum atomic E-state index is 14.0. The molecule has 12 nitrogen and oxygen atoms in total. The van der Waals surface area contributed by atoms with Crippen molar-refractivity contribution in [3.05, 3.63) is 121 Å². The third-order valence-corrected chi connectivity index (χ3v) is 8.82. The van der Waals surface area contributed by atoms with Crippen LogP contribution in [0.4, 0.5) is 0 Å². The topological polar surface area (TPSA) is 145 Å². The van der Waals surface area contributed by atoms with Crippen LogP contribution in [0.2, 0.25) is 58.9 Å². The SMILES string of the molecule is C[Si](C)(C)OC(=O)c1ccc(-n2c(=O)n(-c3ccc(C(=O)O[Si](C)(C)C)cc3)c(=O)n(-c3ccc(C(=O)O[Si](C)(C)C)cc3)c2=O)cc1. The molecule has 3 aromatic carbocycles. The molecule has 0 radical (unpaired) electrons. The molecule has 0 saturated heterocycles. The fraction of sp³-hybridized carbons (Fsp3) is 0.273. The fourth-order valence-electron chi connectivity index (χ4n) is 4.46. The van der Waals surface area contributed by atoms with Crippen molar-refractivity contribution < 1.29 is 27.7 Å². The van der Waals surface area contributed by atoms with Crippen molar-refractivity contribution in [1.82, 2.24) is 13.7 Å². The number of nitrogens with zero attached hydrogens (tertiary/aromatic N) is 3. The van der Waals surface area contributed by atoms with Gasteiger partial charge >= 0.3 is 35.0 Å². The molecule has 1 heterocycles. The van der Waals surface area contributed by atoms with Crippen molar-refractivity contribution in [2.45, 2.75) is 58.9 Å². The van der Waals surface area contributed by atoms with Crippen LogP contribution < -0.4 is 17.1 Å². The average Bonchev–Trinajstić information content (AvgIpc) is 2.95. The Morgan fingerprint density at radius 2 is 0.583 bits per heavy atom. The van der Waals surface area contributed by atoms with Gasteiger partial charge < -0.3 is 13.3 Å². The van der Waals surface area contributed by atoms with Gasteiger partial charge in [-0.25, -0.2) is 42.5 Å². The Morgan fingerprint density at radius 3 is 0.750 bits per heavy atom. The molecule has 0 aliphatic carbocycles. The van der Waals surface area contributed by atoms with Crippen LogP contribution in [-0.2, 0) is 13.3 Å². The van der Waals surface area contributed by atoms with E-state index in [-0.39, 0.29) is 33.8 Å². The van der Waals surface area contributed by atoms with E-state index < -0.39 is 59.9 Å². The third kappa shape index (κ3) is 8.53. The molecule has 0 unspecified atom stereocenters. The molecule has 0 saturated carbocycles. The van der Waals surface area contributed by atoms with Crippen LogP contribution in [0.1, 0.15) is 31.1 Å². The van der Waals surface area contributed by atoms with Crippen LogP contribution in [0.3, 0.4) is 0 Å². The van der Waals surface area contributed by atoms with Gasteiger partial charge in [0, 0.05) is 0 Å². The normalized spacial score (nSPS) is 11.9. The molecule has 252 valence electrons. The molecular weight excluding hydrogens is 667 g/mol. The van der Waals surface area contributed by atoms with E-state index in [0.717, 1.165) is 13.7 Å². The summed E-state index contributed by atoms with van der Waals surface area (Å²) in [5.74, 6) is -1.59. The quantitative estimate of drug-likeness (QED) is 0.217. The first kappa shape index (κ1) is 36.0. The fourth-order valence-corrected chi connectivity index (χ4v) is 6.48. The van der Waals surface area contributed by atoms with E-state index in [1.165, 1.54) is 72.8 Å². The highest BCUT2D eigenvalue weighted by Gasteiger charge is 2.25. The van der Waals surface area contributed by atoms with Gasteiger partial charge in [-0.1, -0.05) is 0 Å². The second-order valence-corrected chi connectivity index (χ2v) is 27.3. The van der Waals surface area contributed by atoms with E-state index in [0.29, 0.717) is 0 Å². The van der Waals surface area contributed by atoms with Crippen molar-refractivity contribution in [1.29, 1.82) is 0 Å². The highest BCUT2D eigenvalue weighted by atomic mass is 28.4. The van der Waals surface area contributed by atoms with Gasteiger partial charge in [0.05, 0.1) is 33.8 Å². The summed E-state index contributed by atoms with van der Waals surface area (Å²) in [4.78, 5) is 79.8. The number of aromatic nitrogens is 3. The largest absolute Gasteiger partial charge is 0.516 e. The van der Waals surface area contributed by atoms with E-state index in [1.54, 1.807) is 0 Å². The molecular formula is C33H39N3O9Si3. The molecule has 48 heavy (non-hydrogen) atoms. The summed E-state index contributed by atoms with van der Waals surface area (Å²) in [6.07, 6.45) is 0. The molecule has 4 aromatic rings. The minimum atomic E-state index is -2.19. The van der Waals surface area contributed by atoms with Crippen LogP contribution in [0.5, 0.6) is 0 Å². The summed E-state index contributed by atoms with van der Waals surface area (Å²) >= 11 is 0. The maximum Gasteiger partial charge on any atom is 0.345 e. The molecule has 0 spiro atoms. The van der Waals surface area contributed by atoms with Crippen molar-refractivity contribution in [3.63, 3.8) is 0 Å². The van der Waals surface area contributed by atoms with Gasteiger partial charge in [0.1, 0.15) is 0 Å². The summed E-state index contributed by atoms with van der Waals surface area (Å²) in [7, 11) is -6.57. The Balaban J connectivity index is 1.90. The number of rotatable bonds is 9. The minimum Gasteiger partial charge on any atom is -0.516 e. The highest BCUT2D eigenvalue weighted by Crippen LogP contribution is 2.16. The second kappa shape index (κ2) is 13.3. The van der Waals surface area contributed by atoms with Gasteiger partial charge in [-0.2, -0.15) is 0 Å². The van der Waals surface area contributed by atoms with E-state index >= 15 is 0 Å². The predicted octanol–water partition coefficient (Wildman–Crippen LogP) is 5.11. The van der Waals surface area contributed by atoms with E-state index in [2.05, 4.69) is 0 Å². The van der Waals surface area contributed by atoms with Crippen LogP contribution in [0, 0.1) is 0 Å². The molecule has 0 atom stereocenters. The maximum absolute atomic E-state index is 14.0. The van der Waals surface area contributed by atoms with E-state index in [4.69, 9.17) is 13.3 Å². The molecule has 0 N–H and O–H groups in total. The number of hydrogen-bond donors (Lipinski definition) is 0. The van der Waals surface area contributed by atoms with Crippen LogP contribution in [0.15, 0.2) is 87.2 Å². The van der Waals surface area contributed by atoms with Crippen LogP contribution in [-0.4, -0.2) is 56.6 Å². The lowest BCUT2D eigenvalue weighted by Crippen LogP contribution is -2.52. The summed E-state index contributed by atoms with van der Waals surface area (Å²) in [5.41, 5.74) is -2.00. The average molecular weight is 706 g/mol. The standard InChI is InChI=1S/C33H39N3O9Si3/c1-46(2,3)43-28(37)22-10-16-25(17-11-22)34-31(40)35(26-18-12-23(13-19-26)29(38)44-47(4,5)6)33(42)36(32(34)41)27-20-14-24(15-21-27)30(39)45-48(7,8)9/h10-21H,1-9H3. The molecule has 4 rings (SSSR count). The van der Waals surface area contributed by atoms with Crippen LogP contribution in [0.25, 0.3) is 17.1 Å². The van der Waals surface area contributed by atoms with E-state index in [9.17, 15) is 28.8 Å². The molecule has 0 aliphatic heterocycles. The van der Waals surface area contributed by atoms with Crippen molar-refractivity contribution in [2.75, 3.05) is 0 Å². The van der Waals surface area contributed by atoms with Crippen LogP contribution >= 0.6 is 0 Å². The zero-order valence-electron chi connectivity index (χ0n) is 28.4. The summed E-state index contributed by atoms with van der Waals surface area (Å²) in [5, 5.41) is 0. The Labute approximate surface area is 280 Å². The monoisotopic (exact) mass is 705 g/mol. The number of carbonyl (C=O) groups is 3. The van der Waals surface area contributed by atoms with Gasteiger partial charge in [-0.15, -0.1) is 0 Å². The number of carbonyl (C=O) groups excluding carboxylic acids is 3. The Bertz CT molecular complexity index is 1780. The summed E-state index contributed by atoms with van der Waals surface area (Å²) < 4.78 is 19.1. The molecule has 0 amide bonds. The smallest absolute Gasteiger partial charge is 0.345 e. The zero-order chi connectivity index (χ0) is 35.8. The summed E-state index contributed by atoms with van der Waals surface area (Å²) in [6, 6.07) is 17.1. The molecule has 15 heteroatoms. The Morgan fingerprint density at radius 1 is 0.396 bits per heavy atom. The van der Waals surface area contributed by atoms with Crippen molar-refractivity contribution in [3.8, 4) is 17.1 Å². The lowest BCUT2D eigenvalue weighted by Gasteiger charge is -2.18. The first-order valence-electron chi connectivity index (χ1n) is 15.2. The molecule has 0 aliphatic rings. The Hall–Kier alpha value is -4.87. The molecule has 1 aromatic heterocycles. The van der Waals surface area contributed by atoms with Crippen molar-refractivity contribution in [2.24, 2.45) is 0 Å². The lowest BCUT2D eigenvalue weighted by atomic mass is 10.2. The van der Waals surface area contributed by atoms with Gasteiger partial charge in [-0.05, 0) is 132 Å². The molecule has 0 fully saturated rings. The first-order valence-corrected chi connectivity index (χ1v) is 25.4. The van der Waals surface area contributed by atoms with Gasteiger partial charge in [0.25, 0.3) is 0 Å². The first-order chi connectivity index (χ1) is 22.1. The minimum absolute atomic E-state index is 0.0859. The summed E-state index contributed by atoms with van der Waals surface area (Å²) in [6.45, 7) is 16.8. The van der Waals surface area contributed by atoms with Gasteiger partial charge in [0.2, 0.25) is 25.0 Å². The number of hydrogen-bond acceptors (Lipinski definition) is 9. The van der Waals surface area contributed by atoms with Crippen molar-refractivity contribution >= 4 is 42.9 Å². The lowest BCUT2D eigenvalue weighted by molar-refractivity contribution is 0.0714. The predicted molar refractivity (Wildman–Crippen MR) is 190 cm³/mol. The van der Waals surface area contributed by atoms with Gasteiger partial charge in [0.15, 0.2) is 0 Å².